The van der Waals surface area contributed by atoms with Crippen molar-refractivity contribution >= 4 is 16.9 Å². The van der Waals surface area contributed by atoms with Crippen molar-refractivity contribution in [2.24, 2.45) is 0 Å². The molecule has 0 spiro atoms. The van der Waals surface area contributed by atoms with Crippen LogP contribution >= 0.6 is 0 Å². The van der Waals surface area contributed by atoms with Crippen LogP contribution < -0.4 is 15.1 Å². The fraction of sp³-hybridized carbons (Fsp3) is 0.304. The summed E-state index contributed by atoms with van der Waals surface area (Å²) in [5.41, 5.74) is 1.44. The van der Waals surface area contributed by atoms with Crippen LogP contribution in [0, 0.1) is 6.92 Å². The standard InChI is InChI=1S/C23H24O6/c1-14-18-11-10-17(27-13-20(24)29-23(2,3)4)12-19(18)28-22(25)21(14)15-6-8-16(26-5)9-7-15/h6-12H,13H2,1-5H3. The lowest BCUT2D eigenvalue weighted by Gasteiger charge is -2.19. The molecule has 0 radical (unpaired) electrons. The Morgan fingerprint density at radius 3 is 2.31 bits per heavy atom. The van der Waals surface area contributed by atoms with E-state index in [-0.39, 0.29) is 6.61 Å². The van der Waals surface area contributed by atoms with E-state index in [1.165, 1.54) is 0 Å². The third-order valence-corrected chi connectivity index (χ3v) is 4.29. The highest BCUT2D eigenvalue weighted by atomic mass is 16.6. The number of aryl methyl sites for hydroxylation is 1. The van der Waals surface area contributed by atoms with Gasteiger partial charge in [0.2, 0.25) is 0 Å². The fourth-order valence-corrected chi connectivity index (χ4v) is 3.03. The molecule has 0 atom stereocenters. The topological polar surface area (TPSA) is 75.0 Å². The predicted octanol–water partition coefficient (Wildman–Crippen LogP) is 4.50. The molecule has 29 heavy (non-hydrogen) atoms. The average Bonchev–Trinajstić information content (AvgIpc) is 2.65. The van der Waals surface area contributed by atoms with Crippen molar-refractivity contribution in [1.82, 2.24) is 0 Å². The van der Waals surface area contributed by atoms with E-state index in [9.17, 15) is 9.59 Å². The monoisotopic (exact) mass is 396 g/mol. The summed E-state index contributed by atoms with van der Waals surface area (Å²) in [4.78, 5) is 24.5. The number of carbonyl (C=O) groups excluding carboxylic acids is 1. The number of esters is 1. The lowest BCUT2D eigenvalue weighted by Crippen LogP contribution is -2.27. The first-order valence-corrected chi connectivity index (χ1v) is 9.24. The first-order valence-electron chi connectivity index (χ1n) is 9.24. The van der Waals surface area contributed by atoms with Gasteiger partial charge in [0.1, 0.15) is 22.7 Å². The van der Waals surface area contributed by atoms with Crippen LogP contribution in [0.4, 0.5) is 0 Å². The summed E-state index contributed by atoms with van der Waals surface area (Å²) in [5.74, 6) is 0.663. The van der Waals surface area contributed by atoms with Crippen molar-refractivity contribution in [2.75, 3.05) is 13.7 Å². The van der Waals surface area contributed by atoms with E-state index < -0.39 is 17.2 Å². The van der Waals surface area contributed by atoms with Gasteiger partial charge in [-0.25, -0.2) is 9.59 Å². The van der Waals surface area contributed by atoms with Gasteiger partial charge in [0.05, 0.1) is 12.7 Å². The van der Waals surface area contributed by atoms with Crippen molar-refractivity contribution in [3.63, 3.8) is 0 Å². The third kappa shape index (κ3) is 4.77. The maximum absolute atomic E-state index is 12.6. The number of hydrogen-bond donors (Lipinski definition) is 0. The summed E-state index contributed by atoms with van der Waals surface area (Å²) in [5, 5.41) is 0.792. The molecule has 3 aromatic rings. The smallest absolute Gasteiger partial charge is 0.344 e. The van der Waals surface area contributed by atoms with Crippen LogP contribution in [0.15, 0.2) is 51.7 Å². The van der Waals surface area contributed by atoms with E-state index >= 15 is 0 Å². The Bertz CT molecular complexity index is 1090. The van der Waals surface area contributed by atoms with Gasteiger partial charge in [-0.1, -0.05) is 12.1 Å². The summed E-state index contributed by atoms with van der Waals surface area (Å²) in [7, 11) is 1.59. The molecule has 2 aromatic carbocycles. The molecule has 6 nitrogen and oxygen atoms in total. The molecule has 1 aromatic heterocycles. The van der Waals surface area contributed by atoms with Crippen LogP contribution in [-0.4, -0.2) is 25.3 Å². The Morgan fingerprint density at radius 1 is 1.03 bits per heavy atom. The number of ether oxygens (including phenoxy) is 3. The second-order valence-electron chi connectivity index (χ2n) is 7.65. The van der Waals surface area contributed by atoms with Gasteiger partial charge >= 0.3 is 11.6 Å². The van der Waals surface area contributed by atoms with Gasteiger partial charge in [-0.2, -0.15) is 0 Å². The Hall–Kier alpha value is -3.28. The fourth-order valence-electron chi connectivity index (χ4n) is 3.03. The predicted molar refractivity (Wildman–Crippen MR) is 111 cm³/mol. The summed E-state index contributed by atoms with van der Waals surface area (Å²) < 4.78 is 21.4. The number of methoxy groups -OCH3 is 1. The van der Waals surface area contributed by atoms with Gasteiger partial charge in [-0.05, 0) is 63.1 Å². The minimum Gasteiger partial charge on any atom is -0.497 e. The Kier molecular flexibility index (Phi) is 5.64. The lowest BCUT2D eigenvalue weighted by molar-refractivity contribution is -0.157. The molecular weight excluding hydrogens is 372 g/mol. The van der Waals surface area contributed by atoms with E-state index in [0.29, 0.717) is 22.6 Å². The number of fused-ring (bicyclic) bond motifs is 1. The molecular formula is C23H24O6. The van der Waals surface area contributed by atoms with Crippen LogP contribution in [0.5, 0.6) is 11.5 Å². The second-order valence-corrected chi connectivity index (χ2v) is 7.65. The maximum atomic E-state index is 12.6. The second kappa shape index (κ2) is 7.99. The minimum atomic E-state index is -0.578. The van der Waals surface area contributed by atoms with Gasteiger partial charge in [-0.3, -0.25) is 0 Å². The largest absolute Gasteiger partial charge is 0.497 e. The molecule has 3 rings (SSSR count). The molecule has 0 aliphatic heterocycles. The molecule has 1 heterocycles. The molecule has 0 saturated heterocycles. The zero-order valence-electron chi connectivity index (χ0n) is 17.2. The van der Waals surface area contributed by atoms with E-state index in [2.05, 4.69) is 0 Å². The SMILES string of the molecule is COc1ccc(-c2c(C)c3ccc(OCC(=O)OC(C)(C)C)cc3oc2=O)cc1. The molecule has 0 bridgehead atoms. The quantitative estimate of drug-likeness (QED) is 0.467. The van der Waals surface area contributed by atoms with E-state index in [0.717, 1.165) is 16.5 Å². The third-order valence-electron chi connectivity index (χ3n) is 4.29. The van der Waals surface area contributed by atoms with Crippen LogP contribution in [0.2, 0.25) is 0 Å². The zero-order chi connectivity index (χ0) is 21.2. The number of hydrogen-bond acceptors (Lipinski definition) is 6. The van der Waals surface area contributed by atoms with Crippen LogP contribution in [0.25, 0.3) is 22.1 Å². The molecule has 0 saturated carbocycles. The summed E-state index contributed by atoms with van der Waals surface area (Å²) in [6, 6.07) is 12.4. The van der Waals surface area contributed by atoms with Crippen LogP contribution in [-0.2, 0) is 9.53 Å². The summed E-state index contributed by atoms with van der Waals surface area (Å²) in [6.07, 6.45) is 0. The van der Waals surface area contributed by atoms with E-state index in [1.807, 2.05) is 25.1 Å². The number of rotatable bonds is 5. The first kappa shape index (κ1) is 20.5. The van der Waals surface area contributed by atoms with Gasteiger partial charge in [-0.15, -0.1) is 0 Å². The van der Waals surface area contributed by atoms with Crippen LogP contribution in [0.3, 0.4) is 0 Å². The van der Waals surface area contributed by atoms with Gasteiger partial charge in [0, 0.05) is 11.5 Å². The molecule has 152 valence electrons. The number of carbonyl (C=O) groups is 1. The van der Waals surface area contributed by atoms with E-state index in [4.69, 9.17) is 18.6 Å². The Labute approximate surface area is 169 Å². The molecule has 0 fully saturated rings. The average molecular weight is 396 g/mol. The van der Waals surface area contributed by atoms with Crippen LogP contribution in [0.1, 0.15) is 26.3 Å². The van der Waals surface area contributed by atoms with Gasteiger partial charge in [0.15, 0.2) is 6.61 Å². The van der Waals surface area contributed by atoms with Crippen molar-refractivity contribution in [2.45, 2.75) is 33.3 Å². The summed E-state index contributed by atoms with van der Waals surface area (Å²) >= 11 is 0. The highest BCUT2D eigenvalue weighted by molar-refractivity contribution is 5.87. The highest BCUT2D eigenvalue weighted by Crippen LogP contribution is 2.29. The highest BCUT2D eigenvalue weighted by Gasteiger charge is 2.17. The Morgan fingerprint density at radius 2 is 1.69 bits per heavy atom. The van der Waals surface area contributed by atoms with Crippen molar-refractivity contribution in [3.8, 4) is 22.6 Å². The van der Waals surface area contributed by atoms with Crippen molar-refractivity contribution < 1.29 is 23.4 Å². The summed E-state index contributed by atoms with van der Waals surface area (Å²) in [6.45, 7) is 7.02. The van der Waals surface area contributed by atoms with E-state index in [1.54, 1.807) is 52.1 Å². The molecule has 0 aliphatic rings. The zero-order valence-corrected chi connectivity index (χ0v) is 17.2. The minimum absolute atomic E-state index is 0.226. The molecule has 0 unspecified atom stereocenters. The molecule has 0 amide bonds. The maximum Gasteiger partial charge on any atom is 0.344 e. The Balaban J connectivity index is 1.89. The molecule has 6 heteroatoms. The lowest BCUT2D eigenvalue weighted by atomic mass is 9.99. The van der Waals surface area contributed by atoms with Gasteiger partial charge < -0.3 is 18.6 Å². The number of benzene rings is 2. The van der Waals surface area contributed by atoms with Gasteiger partial charge in [0.25, 0.3) is 0 Å². The first-order chi connectivity index (χ1) is 13.7. The molecule has 0 aliphatic carbocycles. The normalized spacial score (nSPS) is 11.3. The van der Waals surface area contributed by atoms with Crippen molar-refractivity contribution in [3.05, 3.63) is 58.4 Å². The molecule has 0 N–H and O–H groups in total. The van der Waals surface area contributed by atoms with Crippen molar-refractivity contribution in [1.29, 1.82) is 0 Å².